The highest BCUT2D eigenvalue weighted by atomic mass is 127. The van der Waals surface area contributed by atoms with E-state index in [9.17, 15) is 0 Å². The first kappa shape index (κ1) is 15.3. The van der Waals surface area contributed by atoms with Crippen LogP contribution in [0.2, 0.25) is 0 Å². The van der Waals surface area contributed by atoms with Crippen LogP contribution in [-0.4, -0.2) is 35.2 Å². The van der Waals surface area contributed by atoms with E-state index in [1.807, 2.05) is 6.07 Å². The Balaban J connectivity index is 3.14. The topological polar surface area (TPSA) is 46.2 Å². The summed E-state index contributed by atoms with van der Waals surface area (Å²) < 4.78 is 27.2. The van der Waals surface area contributed by atoms with Gasteiger partial charge in [0, 0.05) is 16.2 Å². The van der Waals surface area contributed by atoms with E-state index in [0.717, 1.165) is 9.13 Å². The van der Waals surface area contributed by atoms with Gasteiger partial charge in [-0.2, -0.15) is 0 Å². The maximum atomic E-state index is 5.39. The molecule has 0 aliphatic carbocycles. The normalized spacial score (nSPS) is 10.3. The summed E-state index contributed by atoms with van der Waals surface area (Å²) in [6.07, 6.45) is 0. The third-order valence-electron chi connectivity index (χ3n) is 2.33. The van der Waals surface area contributed by atoms with Gasteiger partial charge in [-0.15, -0.1) is 0 Å². The Morgan fingerprint density at radius 2 is 1.67 bits per heavy atom. The minimum atomic E-state index is 0.230. The predicted molar refractivity (Wildman–Crippen MR) is 75.5 cm³/mol. The van der Waals surface area contributed by atoms with E-state index in [2.05, 4.69) is 22.6 Å². The summed E-state index contributed by atoms with van der Waals surface area (Å²) in [4.78, 5) is 0. The first-order chi connectivity index (χ1) is 8.69. The third-order valence-corrected chi connectivity index (χ3v) is 3.29. The predicted octanol–water partition coefficient (Wildman–Crippen LogP) is 2.44. The van der Waals surface area contributed by atoms with Gasteiger partial charge in [0.05, 0.1) is 27.9 Å². The van der Waals surface area contributed by atoms with Crippen LogP contribution in [0.15, 0.2) is 6.07 Å². The van der Waals surface area contributed by atoms with Crippen LogP contribution in [0, 0.1) is 3.57 Å². The average Bonchev–Trinajstić information content (AvgIpc) is 2.39. The van der Waals surface area contributed by atoms with Crippen molar-refractivity contribution in [2.24, 2.45) is 0 Å². The fourth-order valence-electron chi connectivity index (χ4n) is 1.55. The molecule has 0 aromatic heterocycles. The Bertz CT molecular complexity index is 395. The van der Waals surface area contributed by atoms with Gasteiger partial charge in [-0.05, 0) is 28.7 Å². The zero-order valence-electron chi connectivity index (χ0n) is 10.9. The Labute approximate surface area is 120 Å². The highest BCUT2D eigenvalue weighted by Gasteiger charge is 2.19. The summed E-state index contributed by atoms with van der Waals surface area (Å²) in [5.74, 6) is 1.82. The Morgan fingerprint density at radius 1 is 1.00 bits per heavy atom. The van der Waals surface area contributed by atoms with Gasteiger partial charge in [0.25, 0.3) is 0 Å². The molecule has 0 bridgehead atoms. The lowest BCUT2D eigenvalue weighted by atomic mass is 10.2. The van der Waals surface area contributed by atoms with Crippen LogP contribution in [0.25, 0.3) is 0 Å². The van der Waals surface area contributed by atoms with Crippen molar-refractivity contribution in [1.29, 1.82) is 0 Å². The van der Waals surface area contributed by atoms with Crippen LogP contribution in [0.1, 0.15) is 5.56 Å². The van der Waals surface area contributed by atoms with E-state index in [4.69, 9.17) is 23.7 Å². The molecule has 0 atom stereocenters. The molecule has 0 saturated heterocycles. The fraction of sp³-hybridized carbons (Fsp3) is 0.500. The lowest BCUT2D eigenvalue weighted by Crippen LogP contribution is -2.04. The minimum Gasteiger partial charge on any atom is -0.493 e. The van der Waals surface area contributed by atoms with Crippen LogP contribution in [0.5, 0.6) is 17.2 Å². The molecule has 0 aliphatic rings. The van der Waals surface area contributed by atoms with Crippen molar-refractivity contribution in [2.45, 2.75) is 6.61 Å². The molecule has 0 fully saturated rings. The molecule has 18 heavy (non-hydrogen) atoms. The molecule has 1 rings (SSSR count). The van der Waals surface area contributed by atoms with E-state index in [1.54, 1.807) is 28.4 Å². The van der Waals surface area contributed by atoms with Crippen molar-refractivity contribution in [2.75, 3.05) is 35.2 Å². The van der Waals surface area contributed by atoms with Crippen LogP contribution in [0.4, 0.5) is 0 Å². The Morgan fingerprint density at radius 3 is 2.17 bits per heavy atom. The van der Waals surface area contributed by atoms with Crippen LogP contribution >= 0.6 is 22.6 Å². The van der Waals surface area contributed by atoms with E-state index in [-0.39, 0.29) is 6.79 Å². The summed E-state index contributed by atoms with van der Waals surface area (Å²) >= 11 is 2.21. The molecule has 1 aromatic rings. The lowest BCUT2D eigenvalue weighted by molar-refractivity contribution is -0.0397. The highest BCUT2D eigenvalue weighted by Crippen LogP contribution is 2.42. The van der Waals surface area contributed by atoms with Crippen molar-refractivity contribution in [3.8, 4) is 17.2 Å². The minimum absolute atomic E-state index is 0.230. The molecule has 0 aliphatic heterocycles. The second kappa shape index (κ2) is 7.65. The molecule has 0 N–H and O–H groups in total. The first-order valence-corrected chi connectivity index (χ1v) is 6.31. The van der Waals surface area contributed by atoms with E-state index >= 15 is 0 Å². The van der Waals surface area contributed by atoms with Crippen LogP contribution < -0.4 is 14.2 Å². The summed E-state index contributed by atoms with van der Waals surface area (Å²) in [6, 6.07) is 1.88. The number of benzene rings is 1. The molecule has 0 amide bonds. The molecule has 0 heterocycles. The standard InChI is InChI=1S/C12H17IO5/c1-14-7-18-6-8-9(13)5-10(15-2)12(17-4)11(8)16-3/h5H,6-7H2,1-4H3. The summed E-state index contributed by atoms with van der Waals surface area (Å²) in [6.45, 7) is 0.614. The highest BCUT2D eigenvalue weighted by molar-refractivity contribution is 14.1. The fourth-order valence-corrected chi connectivity index (χ4v) is 2.23. The number of hydrogen-bond acceptors (Lipinski definition) is 5. The zero-order valence-corrected chi connectivity index (χ0v) is 13.1. The van der Waals surface area contributed by atoms with Crippen molar-refractivity contribution >= 4 is 22.6 Å². The molecule has 102 valence electrons. The van der Waals surface area contributed by atoms with Crippen molar-refractivity contribution in [1.82, 2.24) is 0 Å². The first-order valence-electron chi connectivity index (χ1n) is 5.23. The SMILES string of the molecule is COCOCc1c(I)cc(OC)c(OC)c1OC. The second-order valence-electron chi connectivity index (χ2n) is 3.36. The number of methoxy groups -OCH3 is 4. The molecule has 1 aromatic carbocycles. The Kier molecular flexibility index (Phi) is 6.51. The number of hydrogen-bond donors (Lipinski definition) is 0. The molecular formula is C12H17IO5. The van der Waals surface area contributed by atoms with Gasteiger partial charge in [-0.25, -0.2) is 0 Å². The van der Waals surface area contributed by atoms with Gasteiger partial charge in [0.15, 0.2) is 11.5 Å². The van der Waals surface area contributed by atoms with Crippen LogP contribution in [-0.2, 0) is 16.1 Å². The van der Waals surface area contributed by atoms with E-state index in [1.165, 1.54) is 0 Å². The second-order valence-corrected chi connectivity index (χ2v) is 4.52. The maximum absolute atomic E-state index is 5.39. The maximum Gasteiger partial charge on any atom is 0.203 e. The van der Waals surface area contributed by atoms with E-state index < -0.39 is 0 Å². The zero-order chi connectivity index (χ0) is 13.5. The van der Waals surface area contributed by atoms with Gasteiger partial charge in [0.1, 0.15) is 6.79 Å². The number of halogens is 1. The number of ether oxygens (including phenoxy) is 5. The monoisotopic (exact) mass is 368 g/mol. The molecule has 0 spiro atoms. The lowest BCUT2D eigenvalue weighted by Gasteiger charge is -2.17. The van der Waals surface area contributed by atoms with Gasteiger partial charge in [0.2, 0.25) is 5.75 Å². The van der Waals surface area contributed by atoms with Crippen molar-refractivity contribution < 1.29 is 23.7 Å². The largest absolute Gasteiger partial charge is 0.493 e. The Hall–Kier alpha value is -0.730. The smallest absolute Gasteiger partial charge is 0.203 e. The van der Waals surface area contributed by atoms with Crippen molar-refractivity contribution in [3.05, 3.63) is 15.2 Å². The van der Waals surface area contributed by atoms with Crippen molar-refractivity contribution in [3.63, 3.8) is 0 Å². The molecule has 6 heteroatoms. The average molecular weight is 368 g/mol. The van der Waals surface area contributed by atoms with Gasteiger partial charge in [-0.1, -0.05) is 0 Å². The van der Waals surface area contributed by atoms with Gasteiger partial charge in [-0.3, -0.25) is 0 Å². The molecule has 5 nitrogen and oxygen atoms in total. The molecule has 0 radical (unpaired) electrons. The summed E-state index contributed by atoms with van der Waals surface area (Å²) in [5, 5.41) is 0. The third kappa shape index (κ3) is 3.39. The quantitative estimate of drug-likeness (QED) is 0.420. The summed E-state index contributed by atoms with van der Waals surface area (Å²) in [5.41, 5.74) is 0.910. The number of rotatable bonds is 7. The summed E-state index contributed by atoms with van der Waals surface area (Å²) in [7, 11) is 6.34. The molecular weight excluding hydrogens is 351 g/mol. The van der Waals surface area contributed by atoms with Gasteiger partial charge < -0.3 is 23.7 Å². The van der Waals surface area contributed by atoms with Crippen LogP contribution in [0.3, 0.4) is 0 Å². The van der Waals surface area contributed by atoms with E-state index in [0.29, 0.717) is 23.9 Å². The molecule has 0 unspecified atom stereocenters. The molecule has 0 saturated carbocycles. The van der Waals surface area contributed by atoms with Gasteiger partial charge >= 0.3 is 0 Å².